The average molecular weight is 155 g/mol. The molecule has 60 valence electrons. The first-order valence-corrected chi connectivity index (χ1v) is 2.94. The molecule has 0 atom stereocenters. The summed E-state index contributed by atoms with van der Waals surface area (Å²) in [4.78, 5) is 17.0. The number of hydrazine groups is 1. The lowest BCUT2D eigenvalue weighted by Gasteiger charge is -2.10. The van der Waals surface area contributed by atoms with E-state index in [1.54, 1.807) is 0 Å². The van der Waals surface area contributed by atoms with Crippen LogP contribution in [0.5, 0.6) is 0 Å². The maximum absolute atomic E-state index is 11.0. The van der Waals surface area contributed by atoms with Gasteiger partial charge in [0.15, 0.2) is 11.5 Å². The summed E-state index contributed by atoms with van der Waals surface area (Å²) in [6, 6.07) is 0. The molecular weight excluding hydrogens is 146 g/mol. The van der Waals surface area contributed by atoms with Gasteiger partial charge in [0.05, 0.1) is 6.33 Å². The van der Waals surface area contributed by atoms with Crippen molar-refractivity contribution in [2.24, 2.45) is 5.84 Å². The Morgan fingerprint density at radius 1 is 1.73 bits per heavy atom. The van der Waals surface area contributed by atoms with E-state index in [4.69, 9.17) is 11.6 Å². The summed E-state index contributed by atoms with van der Waals surface area (Å²) in [7, 11) is 1.52. The number of nitrogens with two attached hydrogens (primary N) is 2. The van der Waals surface area contributed by atoms with Crippen molar-refractivity contribution < 1.29 is 0 Å². The molecule has 0 aromatic carbocycles. The second-order valence-electron chi connectivity index (χ2n) is 2.08. The van der Waals surface area contributed by atoms with Crippen LogP contribution in [0.1, 0.15) is 0 Å². The molecule has 0 fully saturated rings. The van der Waals surface area contributed by atoms with Gasteiger partial charge in [0, 0.05) is 7.05 Å². The zero-order chi connectivity index (χ0) is 8.43. The fraction of sp³-hybridized carbons (Fsp3) is 0.200. The van der Waals surface area contributed by atoms with E-state index in [0.717, 1.165) is 5.01 Å². The lowest BCUT2D eigenvalue weighted by atomic mass is 10.4. The summed E-state index contributed by atoms with van der Waals surface area (Å²) in [5, 5.41) is 1.13. The minimum absolute atomic E-state index is 0.124. The van der Waals surface area contributed by atoms with Crippen LogP contribution >= 0.6 is 0 Å². The van der Waals surface area contributed by atoms with Crippen LogP contribution in [0, 0.1) is 0 Å². The predicted molar refractivity (Wildman–Crippen MR) is 41.9 cm³/mol. The first-order valence-electron chi connectivity index (χ1n) is 2.94. The highest BCUT2D eigenvalue weighted by Gasteiger charge is 2.06. The molecule has 0 bridgehead atoms. The van der Waals surface area contributed by atoms with Gasteiger partial charge >= 0.3 is 0 Å². The Morgan fingerprint density at radius 3 is 2.73 bits per heavy atom. The molecule has 0 radical (unpaired) electrons. The maximum Gasteiger partial charge on any atom is 0.277 e. The molecule has 5 N–H and O–H groups in total. The van der Waals surface area contributed by atoms with Gasteiger partial charge in [-0.25, -0.2) is 10.8 Å². The van der Waals surface area contributed by atoms with Crippen LogP contribution in [-0.2, 0) is 0 Å². The van der Waals surface area contributed by atoms with Gasteiger partial charge in [-0.1, -0.05) is 0 Å². The van der Waals surface area contributed by atoms with E-state index in [-0.39, 0.29) is 17.1 Å². The van der Waals surface area contributed by atoms with Crippen molar-refractivity contribution in [1.82, 2.24) is 9.97 Å². The SMILES string of the molecule is CN(N)c1c(N)nc[nH]c1=O. The normalized spacial score (nSPS) is 9.64. The van der Waals surface area contributed by atoms with Gasteiger partial charge in [-0.15, -0.1) is 0 Å². The Labute approximate surface area is 62.8 Å². The number of anilines is 2. The van der Waals surface area contributed by atoms with Crippen molar-refractivity contribution in [1.29, 1.82) is 0 Å². The van der Waals surface area contributed by atoms with Crippen LogP contribution in [-0.4, -0.2) is 17.0 Å². The molecule has 0 aliphatic heterocycles. The van der Waals surface area contributed by atoms with E-state index >= 15 is 0 Å². The summed E-state index contributed by atoms with van der Waals surface area (Å²) < 4.78 is 0. The number of aromatic nitrogens is 2. The molecule has 11 heavy (non-hydrogen) atoms. The van der Waals surface area contributed by atoms with E-state index < -0.39 is 0 Å². The van der Waals surface area contributed by atoms with Crippen LogP contribution in [0.3, 0.4) is 0 Å². The third-order valence-corrected chi connectivity index (χ3v) is 1.21. The highest BCUT2D eigenvalue weighted by Crippen LogP contribution is 2.07. The lowest BCUT2D eigenvalue weighted by Crippen LogP contribution is -2.32. The van der Waals surface area contributed by atoms with Gasteiger partial charge in [-0.05, 0) is 0 Å². The summed E-state index contributed by atoms with van der Waals surface area (Å²) in [5.74, 6) is 5.43. The molecule has 6 nitrogen and oxygen atoms in total. The Hall–Kier alpha value is -1.56. The number of nitrogens with zero attached hydrogens (tertiary/aromatic N) is 2. The maximum atomic E-state index is 11.0. The molecule has 0 saturated carbocycles. The third-order valence-electron chi connectivity index (χ3n) is 1.21. The van der Waals surface area contributed by atoms with Crippen molar-refractivity contribution in [2.75, 3.05) is 17.8 Å². The van der Waals surface area contributed by atoms with Crippen molar-refractivity contribution in [2.45, 2.75) is 0 Å². The van der Waals surface area contributed by atoms with Crippen LogP contribution in [0.15, 0.2) is 11.1 Å². The first kappa shape index (κ1) is 7.55. The molecule has 0 aliphatic rings. The molecule has 0 unspecified atom stereocenters. The molecule has 0 saturated heterocycles. The molecule has 0 amide bonds. The predicted octanol–water partition coefficient (Wildman–Crippen LogP) is -1.34. The number of aromatic amines is 1. The fourth-order valence-electron chi connectivity index (χ4n) is 0.747. The van der Waals surface area contributed by atoms with Gasteiger partial charge in [0.2, 0.25) is 0 Å². The average Bonchev–Trinajstić information content (AvgIpc) is 1.85. The molecule has 1 heterocycles. The van der Waals surface area contributed by atoms with Gasteiger partial charge in [-0.3, -0.25) is 4.79 Å². The van der Waals surface area contributed by atoms with Crippen LogP contribution in [0.2, 0.25) is 0 Å². The highest BCUT2D eigenvalue weighted by molar-refractivity contribution is 5.59. The number of H-pyrrole nitrogens is 1. The van der Waals surface area contributed by atoms with Crippen molar-refractivity contribution in [3.05, 3.63) is 16.7 Å². The fourth-order valence-corrected chi connectivity index (χ4v) is 0.747. The van der Waals surface area contributed by atoms with Crippen LogP contribution < -0.4 is 22.1 Å². The molecule has 0 aliphatic carbocycles. The highest BCUT2D eigenvalue weighted by atomic mass is 16.1. The number of nitrogen functional groups attached to an aromatic ring is 1. The molecule has 0 spiro atoms. The van der Waals surface area contributed by atoms with Crippen molar-refractivity contribution >= 4 is 11.5 Å². The van der Waals surface area contributed by atoms with Crippen LogP contribution in [0.4, 0.5) is 11.5 Å². The third kappa shape index (κ3) is 1.30. The number of rotatable bonds is 1. The van der Waals surface area contributed by atoms with Crippen molar-refractivity contribution in [3.8, 4) is 0 Å². The number of hydrogen-bond acceptors (Lipinski definition) is 5. The van der Waals surface area contributed by atoms with Gasteiger partial charge < -0.3 is 15.7 Å². The Kier molecular flexibility index (Phi) is 1.77. The van der Waals surface area contributed by atoms with Crippen molar-refractivity contribution in [3.63, 3.8) is 0 Å². The monoisotopic (exact) mass is 155 g/mol. The zero-order valence-electron chi connectivity index (χ0n) is 6.03. The first-order chi connectivity index (χ1) is 5.13. The van der Waals surface area contributed by atoms with Gasteiger partial charge in [-0.2, -0.15) is 0 Å². The summed E-state index contributed by atoms with van der Waals surface area (Å²) >= 11 is 0. The molecule has 1 aromatic heterocycles. The molecular formula is C5H9N5O. The van der Waals surface area contributed by atoms with Gasteiger partial charge in [0.25, 0.3) is 5.56 Å². The number of hydrogen-bond donors (Lipinski definition) is 3. The molecule has 1 rings (SSSR count). The zero-order valence-corrected chi connectivity index (χ0v) is 6.03. The van der Waals surface area contributed by atoms with Crippen LogP contribution in [0.25, 0.3) is 0 Å². The minimum Gasteiger partial charge on any atom is -0.382 e. The Morgan fingerprint density at radius 2 is 2.36 bits per heavy atom. The summed E-state index contributed by atoms with van der Waals surface area (Å²) in [6.45, 7) is 0. The quantitative estimate of drug-likeness (QED) is 0.344. The standard InChI is InChI=1S/C5H9N5O/c1-10(7)3-4(6)8-2-9-5(3)11/h2H,7H2,1H3,(H3,6,8,9,11). The topological polar surface area (TPSA) is 101 Å². The minimum atomic E-state index is -0.345. The van der Waals surface area contributed by atoms with E-state index in [9.17, 15) is 4.79 Å². The second-order valence-corrected chi connectivity index (χ2v) is 2.08. The molecule has 6 heteroatoms. The largest absolute Gasteiger partial charge is 0.382 e. The smallest absolute Gasteiger partial charge is 0.277 e. The Balaban J connectivity index is 3.33. The number of nitrogens with one attached hydrogen (secondary N) is 1. The van der Waals surface area contributed by atoms with E-state index in [1.165, 1.54) is 13.4 Å². The van der Waals surface area contributed by atoms with E-state index in [1.807, 2.05) is 0 Å². The molecule has 1 aromatic rings. The second kappa shape index (κ2) is 2.59. The van der Waals surface area contributed by atoms with E-state index in [0.29, 0.717) is 0 Å². The Bertz CT molecular complexity index is 304. The summed E-state index contributed by atoms with van der Waals surface area (Å²) in [6.07, 6.45) is 1.23. The van der Waals surface area contributed by atoms with Gasteiger partial charge in [0.1, 0.15) is 0 Å². The van der Waals surface area contributed by atoms with E-state index in [2.05, 4.69) is 9.97 Å². The lowest BCUT2D eigenvalue weighted by molar-refractivity contribution is 0.975. The summed E-state index contributed by atoms with van der Waals surface area (Å²) in [5.41, 5.74) is 5.20.